The Morgan fingerprint density at radius 1 is 1.45 bits per heavy atom. The summed E-state index contributed by atoms with van der Waals surface area (Å²) in [7, 11) is 0. The Bertz CT molecular complexity index is 147. The summed E-state index contributed by atoms with van der Waals surface area (Å²) in [6.45, 7) is 1.49. The molecule has 0 bridgehead atoms. The highest BCUT2D eigenvalue weighted by Gasteiger charge is 2.22. The largest absolute Gasteiger partial charge is 0.391 e. The van der Waals surface area contributed by atoms with Crippen LogP contribution < -0.4 is 5.32 Å². The molecule has 3 heteroatoms. The van der Waals surface area contributed by atoms with Crippen molar-refractivity contribution in [2.45, 2.75) is 44.8 Å². The van der Waals surface area contributed by atoms with Crippen LogP contribution in [-0.2, 0) is 4.79 Å². The van der Waals surface area contributed by atoms with Gasteiger partial charge in [-0.1, -0.05) is 12.8 Å². The number of carbonyl (C=O) groups is 1. The third-order valence-corrected chi connectivity index (χ3v) is 2.12. The zero-order valence-electron chi connectivity index (χ0n) is 6.84. The molecule has 0 unspecified atom stereocenters. The third kappa shape index (κ3) is 2.50. The molecule has 2 N–H and O–H groups in total. The van der Waals surface area contributed by atoms with Gasteiger partial charge in [0, 0.05) is 6.92 Å². The van der Waals surface area contributed by atoms with E-state index in [9.17, 15) is 9.90 Å². The maximum Gasteiger partial charge on any atom is 0.217 e. The van der Waals surface area contributed by atoms with Gasteiger partial charge in [-0.25, -0.2) is 0 Å². The van der Waals surface area contributed by atoms with Crippen LogP contribution in [0.25, 0.3) is 0 Å². The molecule has 0 saturated heterocycles. The molecule has 0 aliphatic heterocycles. The summed E-state index contributed by atoms with van der Waals surface area (Å²) < 4.78 is 0. The van der Waals surface area contributed by atoms with Crippen molar-refractivity contribution >= 4 is 5.91 Å². The zero-order valence-corrected chi connectivity index (χ0v) is 6.84. The highest BCUT2D eigenvalue weighted by atomic mass is 16.3. The molecular formula is C8H15NO2. The van der Waals surface area contributed by atoms with Crippen molar-refractivity contribution in [3.05, 3.63) is 0 Å². The second-order valence-corrected chi connectivity index (χ2v) is 3.16. The molecule has 1 rings (SSSR count). The molecule has 1 saturated carbocycles. The summed E-state index contributed by atoms with van der Waals surface area (Å²) >= 11 is 0. The second-order valence-electron chi connectivity index (χ2n) is 3.16. The molecule has 1 aliphatic carbocycles. The fraction of sp³-hybridized carbons (Fsp3) is 0.875. The first-order chi connectivity index (χ1) is 5.20. The van der Waals surface area contributed by atoms with Crippen LogP contribution in [0.1, 0.15) is 32.6 Å². The van der Waals surface area contributed by atoms with E-state index in [2.05, 4.69) is 5.32 Å². The van der Waals surface area contributed by atoms with Crippen molar-refractivity contribution in [1.82, 2.24) is 5.32 Å². The van der Waals surface area contributed by atoms with E-state index in [1.807, 2.05) is 0 Å². The molecule has 0 aromatic heterocycles. The Morgan fingerprint density at radius 3 is 2.64 bits per heavy atom. The topological polar surface area (TPSA) is 49.3 Å². The maximum atomic E-state index is 10.6. The molecule has 0 aromatic carbocycles. The average Bonchev–Trinajstić information content (AvgIpc) is 1.93. The molecule has 0 heterocycles. The Hall–Kier alpha value is -0.570. The third-order valence-electron chi connectivity index (χ3n) is 2.12. The van der Waals surface area contributed by atoms with Gasteiger partial charge in [-0.15, -0.1) is 0 Å². The highest BCUT2D eigenvalue weighted by Crippen LogP contribution is 2.17. The number of rotatable bonds is 1. The van der Waals surface area contributed by atoms with Crippen LogP contribution in [0.4, 0.5) is 0 Å². The standard InChI is InChI=1S/C8H15NO2/c1-6(10)9-7-4-2-3-5-8(7)11/h7-8,11H,2-5H2,1H3,(H,9,10)/t7-,8-/m1/s1. The zero-order chi connectivity index (χ0) is 8.27. The van der Waals surface area contributed by atoms with Crippen molar-refractivity contribution in [3.63, 3.8) is 0 Å². The number of carbonyl (C=O) groups excluding carboxylic acids is 1. The van der Waals surface area contributed by atoms with E-state index in [1.54, 1.807) is 0 Å². The average molecular weight is 157 g/mol. The Balaban J connectivity index is 2.35. The molecule has 1 fully saturated rings. The Labute approximate surface area is 66.8 Å². The van der Waals surface area contributed by atoms with Gasteiger partial charge in [-0.05, 0) is 12.8 Å². The van der Waals surface area contributed by atoms with Crippen molar-refractivity contribution in [3.8, 4) is 0 Å². The lowest BCUT2D eigenvalue weighted by molar-refractivity contribution is -0.120. The summed E-state index contributed by atoms with van der Waals surface area (Å²) in [5, 5.41) is 12.1. The second kappa shape index (κ2) is 3.72. The fourth-order valence-electron chi connectivity index (χ4n) is 1.54. The first-order valence-electron chi connectivity index (χ1n) is 4.15. The summed E-state index contributed by atoms with van der Waals surface area (Å²) in [5.74, 6) is -0.0454. The van der Waals surface area contributed by atoms with Gasteiger partial charge < -0.3 is 10.4 Å². The van der Waals surface area contributed by atoms with Crippen molar-refractivity contribution in [2.75, 3.05) is 0 Å². The Kier molecular flexibility index (Phi) is 2.88. The van der Waals surface area contributed by atoms with Gasteiger partial charge in [-0.3, -0.25) is 4.79 Å². The number of nitrogens with one attached hydrogen (secondary N) is 1. The summed E-state index contributed by atoms with van der Waals surface area (Å²) in [4.78, 5) is 10.6. The number of aliphatic hydroxyl groups excluding tert-OH is 1. The van der Waals surface area contributed by atoms with Gasteiger partial charge in [-0.2, -0.15) is 0 Å². The quantitative estimate of drug-likeness (QED) is 0.579. The minimum absolute atomic E-state index is 0.00116. The van der Waals surface area contributed by atoms with E-state index < -0.39 is 0 Å². The predicted molar refractivity (Wildman–Crippen MR) is 42.1 cm³/mol. The first kappa shape index (κ1) is 8.53. The summed E-state index contributed by atoms with van der Waals surface area (Å²) in [6, 6.07) is 0.00116. The highest BCUT2D eigenvalue weighted by molar-refractivity contribution is 5.73. The SMILES string of the molecule is CC(=O)N[C@@H]1CCCC[C@H]1O. The monoisotopic (exact) mass is 157 g/mol. The molecule has 64 valence electrons. The molecule has 3 nitrogen and oxygen atoms in total. The molecule has 0 spiro atoms. The number of hydrogen-bond donors (Lipinski definition) is 2. The normalized spacial score (nSPS) is 31.5. The van der Waals surface area contributed by atoms with Gasteiger partial charge in [0.25, 0.3) is 0 Å². The van der Waals surface area contributed by atoms with Crippen LogP contribution in [-0.4, -0.2) is 23.2 Å². The van der Waals surface area contributed by atoms with Crippen LogP contribution in [0.2, 0.25) is 0 Å². The smallest absolute Gasteiger partial charge is 0.217 e. The van der Waals surface area contributed by atoms with Crippen LogP contribution in [0.3, 0.4) is 0 Å². The van der Waals surface area contributed by atoms with Crippen LogP contribution in [0.15, 0.2) is 0 Å². The van der Waals surface area contributed by atoms with Gasteiger partial charge in [0.15, 0.2) is 0 Å². The van der Waals surface area contributed by atoms with Gasteiger partial charge in [0.2, 0.25) is 5.91 Å². The van der Waals surface area contributed by atoms with E-state index in [-0.39, 0.29) is 18.1 Å². The van der Waals surface area contributed by atoms with Gasteiger partial charge in [0.1, 0.15) is 0 Å². The van der Waals surface area contributed by atoms with Crippen molar-refractivity contribution in [1.29, 1.82) is 0 Å². The Morgan fingerprint density at radius 2 is 2.09 bits per heavy atom. The lowest BCUT2D eigenvalue weighted by Crippen LogP contribution is -2.44. The number of hydrogen-bond acceptors (Lipinski definition) is 2. The van der Waals surface area contributed by atoms with Crippen LogP contribution in [0.5, 0.6) is 0 Å². The minimum Gasteiger partial charge on any atom is -0.391 e. The lowest BCUT2D eigenvalue weighted by Gasteiger charge is -2.27. The van der Waals surface area contributed by atoms with E-state index in [4.69, 9.17) is 0 Å². The van der Waals surface area contributed by atoms with Crippen LogP contribution in [0, 0.1) is 0 Å². The molecule has 0 radical (unpaired) electrons. The van der Waals surface area contributed by atoms with Crippen molar-refractivity contribution < 1.29 is 9.90 Å². The number of aliphatic hydroxyl groups is 1. The van der Waals surface area contributed by atoms with E-state index in [1.165, 1.54) is 6.92 Å². The van der Waals surface area contributed by atoms with Gasteiger partial charge in [0.05, 0.1) is 12.1 Å². The lowest BCUT2D eigenvalue weighted by atomic mass is 9.93. The molecule has 2 atom stereocenters. The minimum atomic E-state index is -0.326. The molecule has 1 aliphatic rings. The van der Waals surface area contributed by atoms with Crippen LogP contribution >= 0.6 is 0 Å². The van der Waals surface area contributed by atoms with Crippen molar-refractivity contribution in [2.24, 2.45) is 0 Å². The number of amides is 1. The molecule has 11 heavy (non-hydrogen) atoms. The van der Waals surface area contributed by atoms with E-state index in [0.29, 0.717) is 0 Å². The summed E-state index contributed by atoms with van der Waals surface area (Å²) in [5.41, 5.74) is 0. The molecular weight excluding hydrogens is 142 g/mol. The molecule has 1 amide bonds. The first-order valence-corrected chi connectivity index (χ1v) is 4.15. The summed E-state index contributed by atoms with van der Waals surface area (Å²) in [6.07, 6.45) is 3.61. The van der Waals surface area contributed by atoms with E-state index >= 15 is 0 Å². The molecule has 0 aromatic rings. The predicted octanol–water partition coefficient (Wildman–Crippen LogP) is 0.426. The van der Waals surface area contributed by atoms with E-state index in [0.717, 1.165) is 25.7 Å². The fourth-order valence-corrected chi connectivity index (χ4v) is 1.54. The van der Waals surface area contributed by atoms with Gasteiger partial charge >= 0.3 is 0 Å². The maximum absolute atomic E-state index is 10.6.